The predicted molar refractivity (Wildman–Crippen MR) is 79.2 cm³/mol. The molecule has 5 nitrogen and oxygen atoms in total. The van der Waals surface area contributed by atoms with Gasteiger partial charge in [0.2, 0.25) is 0 Å². The predicted octanol–water partition coefficient (Wildman–Crippen LogP) is 2.62. The number of anilines is 1. The fourth-order valence-electron chi connectivity index (χ4n) is 2.97. The topological polar surface area (TPSA) is 58.4 Å². The number of nitrogens with zero attached hydrogens (tertiary/aromatic N) is 2. The van der Waals surface area contributed by atoms with Crippen molar-refractivity contribution in [3.63, 3.8) is 0 Å². The molecule has 108 valence electrons. The molecule has 20 heavy (non-hydrogen) atoms. The van der Waals surface area contributed by atoms with Gasteiger partial charge in [-0.2, -0.15) is 0 Å². The van der Waals surface area contributed by atoms with Crippen LogP contribution in [0.3, 0.4) is 0 Å². The van der Waals surface area contributed by atoms with Crippen molar-refractivity contribution < 1.29 is 4.92 Å². The van der Waals surface area contributed by atoms with Crippen molar-refractivity contribution >= 4 is 11.4 Å². The summed E-state index contributed by atoms with van der Waals surface area (Å²) in [5, 5.41) is 14.6. The molecule has 0 radical (unpaired) electrons. The van der Waals surface area contributed by atoms with E-state index < -0.39 is 0 Å². The Hall–Kier alpha value is -1.62. The molecule has 3 rings (SSSR count). The molecule has 1 heterocycles. The van der Waals surface area contributed by atoms with Gasteiger partial charge < -0.3 is 10.2 Å². The monoisotopic (exact) mass is 275 g/mol. The first-order valence-corrected chi connectivity index (χ1v) is 7.40. The van der Waals surface area contributed by atoms with E-state index in [1.54, 1.807) is 13.0 Å². The summed E-state index contributed by atoms with van der Waals surface area (Å²) in [5.74, 6) is 0. The summed E-state index contributed by atoms with van der Waals surface area (Å²) < 4.78 is 0. The standard InChI is InChI=1S/C15H21N3O2/c1-11-4-5-14(9-15(11)18(19)20)17(13-6-7-13)10-12-3-2-8-16-12/h4-5,9,12-13,16H,2-3,6-8,10H2,1H3. The number of nitrogens with one attached hydrogen (secondary N) is 1. The van der Waals surface area contributed by atoms with Crippen LogP contribution in [0, 0.1) is 17.0 Å². The highest BCUT2D eigenvalue weighted by Gasteiger charge is 2.32. The molecular formula is C15H21N3O2. The molecule has 0 bridgehead atoms. The zero-order valence-electron chi connectivity index (χ0n) is 11.8. The quantitative estimate of drug-likeness (QED) is 0.663. The van der Waals surface area contributed by atoms with Gasteiger partial charge >= 0.3 is 0 Å². The normalized spacial score (nSPS) is 21.9. The molecule has 1 unspecified atom stereocenters. The second-order valence-electron chi connectivity index (χ2n) is 5.90. The number of nitro benzene ring substituents is 1. The molecular weight excluding hydrogens is 254 g/mol. The SMILES string of the molecule is Cc1ccc(N(CC2CCCN2)C2CC2)cc1[N+](=O)[O-]. The van der Waals surface area contributed by atoms with Crippen LogP contribution >= 0.6 is 0 Å². The second kappa shape index (κ2) is 5.40. The summed E-state index contributed by atoms with van der Waals surface area (Å²) >= 11 is 0. The molecule has 2 fully saturated rings. The van der Waals surface area contributed by atoms with Crippen molar-refractivity contribution in [2.75, 3.05) is 18.0 Å². The Morgan fingerprint density at radius 1 is 1.40 bits per heavy atom. The zero-order valence-corrected chi connectivity index (χ0v) is 11.8. The van der Waals surface area contributed by atoms with Crippen LogP contribution in [0.2, 0.25) is 0 Å². The lowest BCUT2D eigenvalue weighted by atomic mass is 10.1. The third-order valence-electron chi connectivity index (χ3n) is 4.29. The maximum Gasteiger partial charge on any atom is 0.274 e. The molecule has 1 saturated heterocycles. The second-order valence-corrected chi connectivity index (χ2v) is 5.90. The van der Waals surface area contributed by atoms with E-state index in [2.05, 4.69) is 10.2 Å². The van der Waals surface area contributed by atoms with Gasteiger partial charge in [0.15, 0.2) is 0 Å². The van der Waals surface area contributed by atoms with Gasteiger partial charge in [-0.05, 0) is 45.2 Å². The maximum absolute atomic E-state index is 11.1. The summed E-state index contributed by atoms with van der Waals surface area (Å²) in [7, 11) is 0. The highest BCUT2D eigenvalue weighted by molar-refractivity contribution is 5.58. The van der Waals surface area contributed by atoms with Gasteiger partial charge in [-0.3, -0.25) is 10.1 Å². The molecule has 1 aliphatic carbocycles. The highest BCUT2D eigenvalue weighted by atomic mass is 16.6. The Balaban J connectivity index is 1.83. The number of hydrogen-bond acceptors (Lipinski definition) is 4. The average Bonchev–Trinajstić information content (AvgIpc) is 3.14. The largest absolute Gasteiger partial charge is 0.367 e. The van der Waals surface area contributed by atoms with Gasteiger partial charge in [0.05, 0.1) is 4.92 Å². The molecule has 1 N–H and O–H groups in total. The number of rotatable bonds is 5. The first-order valence-electron chi connectivity index (χ1n) is 7.40. The summed E-state index contributed by atoms with van der Waals surface area (Å²) in [6.07, 6.45) is 4.84. The Bertz CT molecular complexity index is 508. The van der Waals surface area contributed by atoms with E-state index in [-0.39, 0.29) is 10.6 Å². The van der Waals surface area contributed by atoms with Gasteiger partial charge in [-0.25, -0.2) is 0 Å². The number of aryl methyl sites for hydroxylation is 1. The Labute approximate surface area is 119 Å². The maximum atomic E-state index is 11.1. The average molecular weight is 275 g/mol. The molecule has 0 spiro atoms. The Kier molecular flexibility index (Phi) is 3.61. The van der Waals surface area contributed by atoms with E-state index in [0.717, 1.165) is 24.3 Å². The Morgan fingerprint density at radius 3 is 2.80 bits per heavy atom. The van der Waals surface area contributed by atoms with E-state index in [0.29, 0.717) is 12.1 Å². The minimum atomic E-state index is -0.280. The van der Waals surface area contributed by atoms with Gasteiger partial charge in [0.25, 0.3) is 5.69 Å². The number of nitro groups is 1. The van der Waals surface area contributed by atoms with Crippen LogP contribution < -0.4 is 10.2 Å². The van der Waals surface area contributed by atoms with Crippen LogP contribution in [0.1, 0.15) is 31.2 Å². The van der Waals surface area contributed by atoms with Crippen molar-refractivity contribution in [2.45, 2.75) is 44.7 Å². The molecule has 1 aliphatic heterocycles. The van der Waals surface area contributed by atoms with Crippen molar-refractivity contribution in [1.82, 2.24) is 5.32 Å². The molecule has 1 atom stereocenters. The minimum Gasteiger partial charge on any atom is -0.367 e. The lowest BCUT2D eigenvalue weighted by molar-refractivity contribution is -0.385. The van der Waals surface area contributed by atoms with Crippen molar-refractivity contribution in [3.8, 4) is 0 Å². The number of benzene rings is 1. The van der Waals surface area contributed by atoms with E-state index in [4.69, 9.17) is 0 Å². The van der Waals surface area contributed by atoms with Gasteiger partial charge in [-0.15, -0.1) is 0 Å². The van der Waals surface area contributed by atoms with Crippen LogP contribution in [0.5, 0.6) is 0 Å². The lowest BCUT2D eigenvalue weighted by Crippen LogP contribution is -2.39. The van der Waals surface area contributed by atoms with Crippen LogP contribution in [-0.2, 0) is 0 Å². The first kappa shape index (κ1) is 13.4. The van der Waals surface area contributed by atoms with Crippen LogP contribution in [-0.4, -0.2) is 30.1 Å². The van der Waals surface area contributed by atoms with E-state index in [1.807, 2.05) is 12.1 Å². The smallest absolute Gasteiger partial charge is 0.274 e. The van der Waals surface area contributed by atoms with E-state index >= 15 is 0 Å². The molecule has 2 aliphatic rings. The van der Waals surface area contributed by atoms with Gasteiger partial charge in [-0.1, -0.05) is 6.07 Å². The minimum absolute atomic E-state index is 0.229. The highest BCUT2D eigenvalue weighted by Crippen LogP contribution is 2.34. The fraction of sp³-hybridized carbons (Fsp3) is 0.600. The van der Waals surface area contributed by atoms with Crippen LogP contribution in [0.15, 0.2) is 18.2 Å². The third kappa shape index (κ3) is 2.77. The van der Waals surface area contributed by atoms with E-state index in [1.165, 1.54) is 25.7 Å². The molecule has 1 aromatic rings. The van der Waals surface area contributed by atoms with E-state index in [9.17, 15) is 10.1 Å². The molecule has 5 heteroatoms. The number of hydrogen-bond donors (Lipinski definition) is 1. The zero-order chi connectivity index (χ0) is 14.1. The van der Waals surface area contributed by atoms with Gasteiger partial charge in [0, 0.05) is 35.9 Å². The van der Waals surface area contributed by atoms with Crippen molar-refractivity contribution in [2.24, 2.45) is 0 Å². The molecule has 0 aromatic heterocycles. The summed E-state index contributed by atoms with van der Waals surface area (Å²) in [5.41, 5.74) is 1.96. The van der Waals surface area contributed by atoms with Crippen molar-refractivity contribution in [3.05, 3.63) is 33.9 Å². The molecule has 0 amide bonds. The first-order chi connectivity index (χ1) is 9.65. The van der Waals surface area contributed by atoms with Crippen LogP contribution in [0.4, 0.5) is 11.4 Å². The summed E-state index contributed by atoms with van der Waals surface area (Å²) in [6.45, 7) is 3.85. The lowest BCUT2D eigenvalue weighted by Gasteiger charge is -2.28. The Morgan fingerprint density at radius 2 is 2.20 bits per heavy atom. The third-order valence-corrected chi connectivity index (χ3v) is 4.29. The molecule has 1 aromatic carbocycles. The van der Waals surface area contributed by atoms with Crippen LogP contribution in [0.25, 0.3) is 0 Å². The molecule has 1 saturated carbocycles. The van der Waals surface area contributed by atoms with Crippen molar-refractivity contribution in [1.29, 1.82) is 0 Å². The summed E-state index contributed by atoms with van der Waals surface area (Å²) in [4.78, 5) is 13.2. The summed E-state index contributed by atoms with van der Waals surface area (Å²) in [6, 6.07) is 6.72. The fourth-order valence-corrected chi connectivity index (χ4v) is 2.97. The van der Waals surface area contributed by atoms with Gasteiger partial charge in [0.1, 0.15) is 0 Å².